The van der Waals surface area contributed by atoms with E-state index in [4.69, 9.17) is 0 Å². The van der Waals surface area contributed by atoms with Crippen molar-refractivity contribution in [3.63, 3.8) is 0 Å². The molecule has 0 atom stereocenters. The maximum atomic E-state index is 11.0. The SMILES string of the molecule is COC(=O)N(C)CCCCNC(C)(C)C. The fraction of sp³-hybridized carbons (Fsp3) is 0.909. The largest absolute Gasteiger partial charge is 0.453 e. The monoisotopic (exact) mass is 216 g/mol. The summed E-state index contributed by atoms with van der Waals surface area (Å²) in [7, 11) is 3.16. The average Bonchev–Trinajstić information content (AvgIpc) is 2.14. The third-order valence-corrected chi connectivity index (χ3v) is 2.06. The standard InChI is InChI=1S/C11H24N2O2/c1-11(2,3)12-8-6-7-9-13(4)10(14)15-5/h12H,6-9H2,1-5H3. The Morgan fingerprint density at radius 3 is 2.40 bits per heavy atom. The van der Waals surface area contributed by atoms with Gasteiger partial charge in [0.2, 0.25) is 0 Å². The van der Waals surface area contributed by atoms with Crippen molar-refractivity contribution in [2.75, 3.05) is 27.2 Å². The summed E-state index contributed by atoms with van der Waals surface area (Å²) < 4.78 is 4.59. The smallest absolute Gasteiger partial charge is 0.409 e. The summed E-state index contributed by atoms with van der Waals surface area (Å²) in [6, 6.07) is 0. The molecule has 4 heteroatoms. The lowest BCUT2D eigenvalue weighted by Crippen LogP contribution is -2.36. The van der Waals surface area contributed by atoms with Crippen LogP contribution in [-0.2, 0) is 4.74 Å². The Morgan fingerprint density at radius 2 is 1.93 bits per heavy atom. The van der Waals surface area contributed by atoms with E-state index in [1.807, 2.05) is 0 Å². The van der Waals surface area contributed by atoms with E-state index in [0.29, 0.717) is 0 Å². The molecule has 0 aromatic rings. The van der Waals surface area contributed by atoms with Crippen LogP contribution in [0.2, 0.25) is 0 Å². The van der Waals surface area contributed by atoms with Gasteiger partial charge in [0.25, 0.3) is 0 Å². The predicted octanol–water partition coefficient (Wildman–Crippen LogP) is 1.85. The maximum Gasteiger partial charge on any atom is 0.409 e. The van der Waals surface area contributed by atoms with Crippen molar-refractivity contribution in [3.8, 4) is 0 Å². The second-order valence-electron chi connectivity index (χ2n) is 4.78. The molecule has 0 aromatic heterocycles. The van der Waals surface area contributed by atoms with Crippen LogP contribution in [0, 0.1) is 0 Å². The Morgan fingerprint density at radius 1 is 1.33 bits per heavy atom. The van der Waals surface area contributed by atoms with Gasteiger partial charge in [-0.15, -0.1) is 0 Å². The van der Waals surface area contributed by atoms with E-state index in [2.05, 4.69) is 30.8 Å². The van der Waals surface area contributed by atoms with Gasteiger partial charge in [-0.05, 0) is 40.2 Å². The van der Waals surface area contributed by atoms with Crippen LogP contribution >= 0.6 is 0 Å². The third-order valence-electron chi connectivity index (χ3n) is 2.06. The maximum absolute atomic E-state index is 11.0. The van der Waals surface area contributed by atoms with E-state index in [0.717, 1.165) is 25.9 Å². The number of amides is 1. The Hall–Kier alpha value is -0.770. The molecular formula is C11H24N2O2. The number of nitrogens with one attached hydrogen (secondary N) is 1. The van der Waals surface area contributed by atoms with Gasteiger partial charge in [0, 0.05) is 19.1 Å². The summed E-state index contributed by atoms with van der Waals surface area (Å²) in [6.07, 6.45) is 1.80. The first-order valence-corrected chi connectivity index (χ1v) is 5.41. The van der Waals surface area contributed by atoms with Crippen LogP contribution in [0.1, 0.15) is 33.6 Å². The molecule has 4 nitrogen and oxygen atoms in total. The molecule has 0 fully saturated rings. The molecule has 1 amide bonds. The third kappa shape index (κ3) is 8.24. The van der Waals surface area contributed by atoms with Crippen LogP contribution in [-0.4, -0.2) is 43.8 Å². The van der Waals surface area contributed by atoms with E-state index < -0.39 is 0 Å². The number of nitrogens with zero attached hydrogens (tertiary/aromatic N) is 1. The van der Waals surface area contributed by atoms with Crippen molar-refractivity contribution in [3.05, 3.63) is 0 Å². The Bertz CT molecular complexity index is 188. The summed E-state index contributed by atoms with van der Waals surface area (Å²) in [5.41, 5.74) is 0.175. The quantitative estimate of drug-likeness (QED) is 0.713. The van der Waals surface area contributed by atoms with Crippen molar-refractivity contribution < 1.29 is 9.53 Å². The first kappa shape index (κ1) is 14.2. The van der Waals surface area contributed by atoms with Crippen molar-refractivity contribution >= 4 is 6.09 Å². The molecule has 0 bridgehead atoms. The number of carbonyl (C=O) groups excluding carboxylic acids is 1. The summed E-state index contributed by atoms with van der Waals surface area (Å²) >= 11 is 0. The Balaban J connectivity index is 3.43. The molecule has 0 aliphatic carbocycles. The van der Waals surface area contributed by atoms with E-state index in [1.54, 1.807) is 11.9 Å². The topological polar surface area (TPSA) is 41.6 Å². The molecule has 15 heavy (non-hydrogen) atoms. The number of hydrogen-bond acceptors (Lipinski definition) is 3. The number of ether oxygens (including phenoxy) is 1. The molecule has 0 saturated heterocycles. The minimum Gasteiger partial charge on any atom is -0.453 e. The number of carbonyl (C=O) groups is 1. The second kappa shape index (κ2) is 6.67. The Kier molecular flexibility index (Phi) is 6.32. The van der Waals surface area contributed by atoms with Crippen LogP contribution in [0.25, 0.3) is 0 Å². The fourth-order valence-corrected chi connectivity index (χ4v) is 1.18. The number of hydrogen-bond donors (Lipinski definition) is 1. The van der Waals surface area contributed by atoms with E-state index in [1.165, 1.54) is 7.11 Å². The van der Waals surface area contributed by atoms with Crippen LogP contribution in [0.4, 0.5) is 4.79 Å². The minimum absolute atomic E-state index is 0.175. The zero-order valence-corrected chi connectivity index (χ0v) is 10.6. The summed E-state index contributed by atoms with van der Waals surface area (Å²) in [5.74, 6) is 0. The van der Waals surface area contributed by atoms with Gasteiger partial charge in [-0.25, -0.2) is 4.79 Å². The summed E-state index contributed by atoms with van der Waals surface area (Å²) in [6.45, 7) is 8.17. The van der Waals surface area contributed by atoms with Gasteiger partial charge in [-0.2, -0.15) is 0 Å². The minimum atomic E-state index is -0.265. The lowest BCUT2D eigenvalue weighted by Gasteiger charge is -2.21. The van der Waals surface area contributed by atoms with Gasteiger partial charge in [-0.3, -0.25) is 0 Å². The molecule has 1 N–H and O–H groups in total. The predicted molar refractivity (Wildman–Crippen MR) is 62.0 cm³/mol. The summed E-state index contributed by atoms with van der Waals surface area (Å²) in [5, 5.41) is 3.40. The van der Waals surface area contributed by atoms with Crippen molar-refractivity contribution in [2.45, 2.75) is 39.2 Å². The number of methoxy groups -OCH3 is 1. The second-order valence-corrected chi connectivity index (χ2v) is 4.78. The summed E-state index contributed by atoms with van der Waals surface area (Å²) in [4.78, 5) is 12.6. The fourth-order valence-electron chi connectivity index (χ4n) is 1.18. The molecule has 0 rings (SSSR count). The van der Waals surface area contributed by atoms with E-state index in [-0.39, 0.29) is 11.6 Å². The van der Waals surface area contributed by atoms with Crippen LogP contribution < -0.4 is 5.32 Å². The average molecular weight is 216 g/mol. The van der Waals surface area contributed by atoms with Crippen LogP contribution in [0.5, 0.6) is 0 Å². The lowest BCUT2D eigenvalue weighted by molar-refractivity contribution is 0.132. The zero-order valence-electron chi connectivity index (χ0n) is 10.6. The highest BCUT2D eigenvalue weighted by atomic mass is 16.5. The molecule has 0 aliphatic heterocycles. The molecule has 0 aliphatic rings. The van der Waals surface area contributed by atoms with Crippen molar-refractivity contribution in [1.82, 2.24) is 10.2 Å². The molecular weight excluding hydrogens is 192 g/mol. The van der Waals surface area contributed by atoms with Crippen LogP contribution in [0.15, 0.2) is 0 Å². The molecule has 0 spiro atoms. The van der Waals surface area contributed by atoms with Crippen LogP contribution in [0.3, 0.4) is 0 Å². The highest BCUT2D eigenvalue weighted by molar-refractivity contribution is 5.66. The van der Waals surface area contributed by atoms with Crippen molar-refractivity contribution in [1.29, 1.82) is 0 Å². The first-order valence-electron chi connectivity index (χ1n) is 5.41. The van der Waals surface area contributed by atoms with Gasteiger partial charge in [0.05, 0.1) is 7.11 Å². The highest BCUT2D eigenvalue weighted by Crippen LogP contribution is 2.00. The number of rotatable bonds is 5. The zero-order chi connectivity index (χ0) is 11.9. The molecule has 0 radical (unpaired) electrons. The van der Waals surface area contributed by atoms with Gasteiger partial charge >= 0.3 is 6.09 Å². The molecule has 90 valence electrons. The molecule has 0 heterocycles. The first-order chi connectivity index (χ1) is 6.87. The lowest BCUT2D eigenvalue weighted by atomic mass is 10.1. The van der Waals surface area contributed by atoms with E-state index >= 15 is 0 Å². The van der Waals surface area contributed by atoms with Gasteiger partial charge in [-0.1, -0.05) is 0 Å². The molecule has 0 unspecified atom stereocenters. The van der Waals surface area contributed by atoms with E-state index in [9.17, 15) is 4.79 Å². The molecule has 0 aromatic carbocycles. The molecule has 0 saturated carbocycles. The van der Waals surface area contributed by atoms with Gasteiger partial charge in [0.15, 0.2) is 0 Å². The van der Waals surface area contributed by atoms with Gasteiger partial charge in [0.1, 0.15) is 0 Å². The van der Waals surface area contributed by atoms with Crippen molar-refractivity contribution in [2.24, 2.45) is 0 Å². The highest BCUT2D eigenvalue weighted by Gasteiger charge is 2.09. The van der Waals surface area contributed by atoms with Gasteiger partial charge < -0.3 is 15.0 Å². The Labute approximate surface area is 93.0 Å². The normalized spacial score (nSPS) is 11.3. The number of unbranched alkanes of at least 4 members (excludes halogenated alkanes) is 1.